The summed E-state index contributed by atoms with van der Waals surface area (Å²) >= 11 is 0. The molecule has 2 aromatic rings. The zero-order chi connectivity index (χ0) is 18.2. The van der Waals surface area contributed by atoms with Crippen LogP contribution in [0.3, 0.4) is 0 Å². The summed E-state index contributed by atoms with van der Waals surface area (Å²) in [5, 5.41) is 2.31. The Morgan fingerprint density at radius 1 is 0.846 bits per heavy atom. The van der Waals surface area contributed by atoms with Crippen molar-refractivity contribution in [3.63, 3.8) is 0 Å². The Labute approximate surface area is 156 Å². The van der Waals surface area contributed by atoms with Crippen molar-refractivity contribution in [1.82, 2.24) is 0 Å². The highest BCUT2D eigenvalue weighted by Crippen LogP contribution is 2.33. The summed E-state index contributed by atoms with van der Waals surface area (Å²) in [6.45, 7) is 0. The van der Waals surface area contributed by atoms with Gasteiger partial charge in [0.2, 0.25) is 0 Å². The molecule has 0 amide bonds. The number of ketones is 1. The van der Waals surface area contributed by atoms with E-state index >= 15 is 0 Å². The second-order valence-corrected chi connectivity index (χ2v) is 8.93. The largest absolute Gasteiger partial charge is 0.462 e. The number of rotatable bonds is 7. The number of benzene rings is 2. The van der Waals surface area contributed by atoms with Gasteiger partial charge in [-0.15, -0.1) is 0 Å². The highest BCUT2D eigenvalue weighted by molar-refractivity contribution is 7.73. The van der Waals surface area contributed by atoms with E-state index in [0.29, 0.717) is 6.16 Å². The SMILES string of the molecule is O=C(CC(=O)OC1CCCCC1)CP(c1ccccc1)c1ccccc1. The first kappa shape index (κ1) is 18.8. The van der Waals surface area contributed by atoms with Crippen molar-refractivity contribution in [2.75, 3.05) is 6.16 Å². The van der Waals surface area contributed by atoms with Crippen LogP contribution in [-0.2, 0) is 14.3 Å². The fourth-order valence-electron chi connectivity index (χ4n) is 3.35. The molecule has 0 unspecified atom stereocenters. The van der Waals surface area contributed by atoms with E-state index in [2.05, 4.69) is 24.3 Å². The van der Waals surface area contributed by atoms with Gasteiger partial charge >= 0.3 is 5.97 Å². The Kier molecular flexibility index (Phi) is 6.96. The lowest BCUT2D eigenvalue weighted by atomic mass is 9.98. The molecular weight excluding hydrogens is 343 g/mol. The van der Waals surface area contributed by atoms with Gasteiger partial charge in [0, 0.05) is 6.16 Å². The normalized spacial score (nSPS) is 15.0. The lowest BCUT2D eigenvalue weighted by Crippen LogP contribution is -2.24. The Morgan fingerprint density at radius 2 is 1.38 bits per heavy atom. The molecule has 0 aliphatic heterocycles. The van der Waals surface area contributed by atoms with Crippen LogP contribution in [0.15, 0.2) is 60.7 Å². The highest BCUT2D eigenvalue weighted by Gasteiger charge is 2.22. The molecule has 4 heteroatoms. The van der Waals surface area contributed by atoms with E-state index in [-0.39, 0.29) is 24.3 Å². The third kappa shape index (κ3) is 5.51. The summed E-state index contributed by atoms with van der Waals surface area (Å²) in [6, 6.07) is 20.2. The maximum absolute atomic E-state index is 12.6. The summed E-state index contributed by atoms with van der Waals surface area (Å²) in [6.07, 6.45) is 5.57. The van der Waals surface area contributed by atoms with Gasteiger partial charge in [-0.2, -0.15) is 0 Å². The van der Waals surface area contributed by atoms with Gasteiger partial charge in [0.05, 0.1) is 0 Å². The summed E-state index contributed by atoms with van der Waals surface area (Å²) in [5.41, 5.74) is 0. The maximum atomic E-state index is 12.6. The van der Waals surface area contributed by atoms with Crippen LogP contribution >= 0.6 is 7.92 Å². The Balaban J connectivity index is 1.63. The molecule has 1 aliphatic carbocycles. The number of carbonyl (C=O) groups excluding carboxylic acids is 2. The third-order valence-corrected chi connectivity index (χ3v) is 7.17. The van der Waals surface area contributed by atoms with E-state index in [1.807, 2.05) is 36.4 Å². The molecule has 0 saturated heterocycles. The van der Waals surface area contributed by atoms with E-state index in [4.69, 9.17) is 4.74 Å². The fraction of sp³-hybridized carbons (Fsp3) is 0.364. The molecule has 0 N–H and O–H groups in total. The second kappa shape index (κ2) is 9.64. The number of esters is 1. The first-order chi connectivity index (χ1) is 12.7. The van der Waals surface area contributed by atoms with Gasteiger partial charge in [-0.3, -0.25) is 9.59 Å². The summed E-state index contributed by atoms with van der Waals surface area (Å²) in [5.74, 6) is -0.400. The van der Waals surface area contributed by atoms with Crippen LogP contribution in [-0.4, -0.2) is 24.0 Å². The van der Waals surface area contributed by atoms with E-state index in [9.17, 15) is 9.59 Å². The van der Waals surface area contributed by atoms with Gasteiger partial charge in [-0.25, -0.2) is 0 Å². The Morgan fingerprint density at radius 3 is 1.92 bits per heavy atom. The van der Waals surface area contributed by atoms with Crippen LogP contribution in [0.4, 0.5) is 0 Å². The molecule has 3 rings (SSSR count). The average Bonchev–Trinajstić information content (AvgIpc) is 2.68. The molecule has 3 nitrogen and oxygen atoms in total. The van der Waals surface area contributed by atoms with Crippen LogP contribution in [0, 0.1) is 0 Å². The average molecular weight is 368 g/mol. The first-order valence-corrected chi connectivity index (χ1v) is 10.8. The highest BCUT2D eigenvalue weighted by atomic mass is 31.1. The van der Waals surface area contributed by atoms with Gasteiger partial charge in [-0.05, 0) is 44.2 Å². The van der Waals surface area contributed by atoms with Gasteiger partial charge < -0.3 is 4.74 Å². The van der Waals surface area contributed by atoms with Crippen LogP contribution in [0.1, 0.15) is 38.5 Å². The van der Waals surface area contributed by atoms with E-state index in [0.717, 1.165) is 36.3 Å². The minimum atomic E-state index is -0.798. The van der Waals surface area contributed by atoms with Gasteiger partial charge in [0.25, 0.3) is 0 Å². The molecule has 0 bridgehead atoms. The first-order valence-electron chi connectivity index (χ1n) is 9.31. The Bertz CT molecular complexity index is 669. The Hall–Kier alpha value is -1.99. The minimum Gasteiger partial charge on any atom is -0.462 e. The zero-order valence-corrected chi connectivity index (χ0v) is 15.9. The quantitative estimate of drug-likeness (QED) is 0.422. The minimum absolute atomic E-state index is 0.00816. The zero-order valence-electron chi connectivity index (χ0n) is 15.0. The smallest absolute Gasteiger partial charge is 0.313 e. The number of Topliss-reactive ketones (excluding diaryl/α,β-unsaturated/α-hetero) is 1. The molecule has 2 aromatic carbocycles. The van der Waals surface area contributed by atoms with Gasteiger partial charge in [-0.1, -0.05) is 67.1 Å². The number of hydrogen-bond donors (Lipinski definition) is 0. The summed E-state index contributed by atoms with van der Waals surface area (Å²) < 4.78 is 5.50. The molecule has 0 aromatic heterocycles. The lowest BCUT2D eigenvalue weighted by molar-refractivity contribution is -0.151. The van der Waals surface area contributed by atoms with Crippen molar-refractivity contribution in [3.8, 4) is 0 Å². The number of hydrogen-bond acceptors (Lipinski definition) is 3. The van der Waals surface area contributed by atoms with E-state index in [1.165, 1.54) is 6.42 Å². The van der Waals surface area contributed by atoms with Crippen molar-refractivity contribution in [2.24, 2.45) is 0 Å². The van der Waals surface area contributed by atoms with Crippen LogP contribution in [0.2, 0.25) is 0 Å². The summed E-state index contributed by atoms with van der Waals surface area (Å²) in [7, 11) is -0.798. The standard InChI is InChI=1S/C22H25O3P/c23-18(16-22(24)25-19-10-4-1-5-11-19)17-26(20-12-6-2-7-13-20)21-14-8-3-9-15-21/h2-3,6-9,12-15,19H,1,4-5,10-11,16-17H2. The molecule has 1 saturated carbocycles. The second-order valence-electron chi connectivity index (χ2n) is 6.72. The van der Waals surface area contributed by atoms with Crippen LogP contribution < -0.4 is 10.6 Å². The lowest BCUT2D eigenvalue weighted by Gasteiger charge is -2.22. The van der Waals surface area contributed by atoms with E-state index in [1.54, 1.807) is 0 Å². The maximum Gasteiger partial charge on any atom is 0.313 e. The topological polar surface area (TPSA) is 43.4 Å². The van der Waals surface area contributed by atoms with Crippen LogP contribution in [0.25, 0.3) is 0 Å². The molecule has 0 radical (unpaired) electrons. The van der Waals surface area contributed by atoms with Crippen LogP contribution in [0.5, 0.6) is 0 Å². The number of ether oxygens (including phenoxy) is 1. The van der Waals surface area contributed by atoms with Crippen molar-refractivity contribution < 1.29 is 14.3 Å². The monoisotopic (exact) mass is 368 g/mol. The van der Waals surface area contributed by atoms with Gasteiger partial charge in [0.1, 0.15) is 18.3 Å². The molecule has 0 atom stereocenters. The van der Waals surface area contributed by atoms with Crippen molar-refractivity contribution >= 4 is 30.3 Å². The number of carbonyl (C=O) groups is 2. The molecule has 1 aliphatic rings. The molecule has 1 fully saturated rings. The van der Waals surface area contributed by atoms with Gasteiger partial charge in [0.15, 0.2) is 0 Å². The van der Waals surface area contributed by atoms with Crippen molar-refractivity contribution in [2.45, 2.75) is 44.6 Å². The third-order valence-electron chi connectivity index (χ3n) is 4.66. The molecule has 0 spiro atoms. The van der Waals surface area contributed by atoms with Crippen molar-refractivity contribution in [3.05, 3.63) is 60.7 Å². The molecule has 0 heterocycles. The molecule has 26 heavy (non-hydrogen) atoms. The predicted octanol–water partition coefficient (Wildman–Crippen LogP) is 3.95. The summed E-state index contributed by atoms with van der Waals surface area (Å²) in [4.78, 5) is 24.7. The van der Waals surface area contributed by atoms with Crippen molar-refractivity contribution in [1.29, 1.82) is 0 Å². The molecule has 136 valence electrons. The molecular formula is C22H25O3P. The predicted molar refractivity (Wildman–Crippen MR) is 107 cm³/mol. The fourth-order valence-corrected chi connectivity index (χ4v) is 5.54. The van der Waals surface area contributed by atoms with E-state index < -0.39 is 7.92 Å².